The first-order chi connectivity index (χ1) is 7.66. The molecule has 5 heteroatoms. The summed E-state index contributed by atoms with van der Waals surface area (Å²) in [5, 5.41) is 4.97. The molecular weight excluding hydrogens is 288 g/mol. The smallest absolute Gasteiger partial charge is 0.224 e. The van der Waals surface area contributed by atoms with Gasteiger partial charge in [0, 0.05) is 20.8 Å². The number of rotatable bonds is 3. The van der Waals surface area contributed by atoms with Crippen molar-refractivity contribution >= 4 is 33.2 Å². The maximum absolute atomic E-state index is 11.8. The summed E-state index contributed by atoms with van der Waals surface area (Å²) in [6, 6.07) is 2.08. The second-order valence-corrected chi connectivity index (χ2v) is 6.06. The third-order valence-electron chi connectivity index (χ3n) is 2.96. The van der Waals surface area contributed by atoms with E-state index in [0.29, 0.717) is 6.54 Å². The highest BCUT2D eigenvalue weighted by atomic mass is 79.9. The van der Waals surface area contributed by atoms with E-state index in [1.807, 2.05) is 11.4 Å². The van der Waals surface area contributed by atoms with Crippen molar-refractivity contribution in [3.8, 4) is 0 Å². The molecule has 1 aliphatic carbocycles. The highest BCUT2D eigenvalue weighted by Crippen LogP contribution is 2.24. The van der Waals surface area contributed by atoms with Crippen molar-refractivity contribution < 1.29 is 4.79 Å². The third-order valence-corrected chi connectivity index (χ3v) is 4.66. The molecule has 0 aliphatic heterocycles. The summed E-state index contributed by atoms with van der Waals surface area (Å²) >= 11 is 5.03. The molecule has 0 bridgehead atoms. The molecule has 1 aromatic heterocycles. The van der Waals surface area contributed by atoms with Crippen LogP contribution in [0.4, 0.5) is 0 Å². The molecule has 0 saturated heterocycles. The molecule has 1 fully saturated rings. The predicted molar refractivity (Wildman–Crippen MR) is 69.2 cm³/mol. The summed E-state index contributed by atoms with van der Waals surface area (Å²) < 4.78 is 1.07. The van der Waals surface area contributed by atoms with E-state index < -0.39 is 0 Å². The Balaban J connectivity index is 1.83. The van der Waals surface area contributed by atoms with Gasteiger partial charge in [-0.05, 0) is 34.8 Å². The topological polar surface area (TPSA) is 55.1 Å². The van der Waals surface area contributed by atoms with Gasteiger partial charge in [-0.3, -0.25) is 4.79 Å². The van der Waals surface area contributed by atoms with Gasteiger partial charge in [0.15, 0.2) is 0 Å². The van der Waals surface area contributed by atoms with E-state index >= 15 is 0 Å². The van der Waals surface area contributed by atoms with Crippen molar-refractivity contribution in [2.45, 2.75) is 31.8 Å². The Labute approximate surface area is 108 Å². The van der Waals surface area contributed by atoms with Crippen molar-refractivity contribution in [2.24, 2.45) is 11.7 Å². The molecule has 3 nitrogen and oxygen atoms in total. The summed E-state index contributed by atoms with van der Waals surface area (Å²) in [7, 11) is 0. The van der Waals surface area contributed by atoms with Crippen LogP contribution in [0.3, 0.4) is 0 Å². The zero-order chi connectivity index (χ0) is 11.5. The molecule has 16 heavy (non-hydrogen) atoms. The van der Waals surface area contributed by atoms with Crippen LogP contribution in [-0.2, 0) is 11.3 Å². The molecule has 0 spiro atoms. The number of thiophene rings is 1. The number of nitrogens with two attached hydrogens (primary N) is 1. The summed E-state index contributed by atoms with van der Waals surface area (Å²) in [5.74, 6) is 0.123. The van der Waals surface area contributed by atoms with Gasteiger partial charge >= 0.3 is 0 Å². The van der Waals surface area contributed by atoms with Gasteiger partial charge in [0.2, 0.25) is 5.91 Å². The number of hydrogen-bond acceptors (Lipinski definition) is 3. The van der Waals surface area contributed by atoms with E-state index in [9.17, 15) is 4.79 Å². The number of amides is 1. The number of hydrogen-bond donors (Lipinski definition) is 2. The van der Waals surface area contributed by atoms with Gasteiger partial charge in [-0.15, -0.1) is 11.3 Å². The van der Waals surface area contributed by atoms with Gasteiger partial charge in [-0.2, -0.15) is 0 Å². The first kappa shape index (κ1) is 12.1. The second-order valence-electron chi connectivity index (χ2n) is 4.15. The molecular formula is C11H15BrN2OS. The first-order valence-electron chi connectivity index (χ1n) is 5.43. The number of nitrogens with one attached hydrogen (secondary N) is 1. The van der Waals surface area contributed by atoms with E-state index in [1.54, 1.807) is 11.3 Å². The summed E-state index contributed by atoms with van der Waals surface area (Å²) in [5.41, 5.74) is 5.89. The van der Waals surface area contributed by atoms with Gasteiger partial charge < -0.3 is 11.1 Å². The molecule has 1 heterocycles. The van der Waals surface area contributed by atoms with Crippen molar-refractivity contribution in [1.82, 2.24) is 5.32 Å². The van der Waals surface area contributed by atoms with Crippen molar-refractivity contribution in [3.63, 3.8) is 0 Å². The average molecular weight is 303 g/mol. The number of carbonyl (C=O) groups is 1. The fourth-order valence-electron chi connectivity index (χ4n) is 2.07. The molecule has 88 valence electrons. The van der Waals surface area contributed by atoms with Gasteiger partial charge in [-0.1, -0.05) is 6.42 Å². The van der Waals surface area contributed by atoms with E-state index in [1.165, 1.54) is 0 Å². The van der Waals surface area contributed by atoms with Crippen LogP contribution in [0.2, 0.25) is 0 Å². The van der Waals surface area contributed by atoms with E-state index in [4.69, 9.17) is 5.73 Å². The summed E-state index contributed by atoms with van der Waals surface area (Å²) in [4.78, 5) is 13.0. The Bertz CT molecular complexity index is 380. The van der Waals surface area contributed by atoms with Crippen LogP contribution in [0.15, 0.2) is 15.9 Å². The van der Waals surface area contributed by atoms with E-state index in [-0.39, 0.29) is 17.9 Å². The molecule has 2 rings (SSSR count). The standard InChI is InChI=1S/C11H15BrN2OS/c12-7-4-8(16-6-7)5-14-11(15)9-2-1-3-10(9)13/h4,6,9-10H,1-3,5,13H2,(H,14,15). The van der Waals surface area contributed by atoms with Gasteiger partial charge in [-0.25, -0.2) is 0 Å². The van der Waals surface area contributed by atoms with Crippen molar-refractivity contribution in [1.29, 1.82) is 0 Å². The largest absolute Gasteiger partial charge is 0.351 e. The minimum Gasteiger partial charge on any atom is -0.351 e. The van der Waals surface area contributed by atoms with Crippen molar-refractivity contribution in [3.05, 3.63) is 20.8 Å². The molecule has 1 aromatic rings. The Morgan fingerprint density at radius 2 is 2.44 bits per heavy atom. The molecule has 1 aliphatic rings. The Kier molecular flexibility index (Phi) is 4.00. The Hall–Kier alpha value is -0.390. The fraction of sp³-hybridized carbons (Fsp3) is 0.545. The zero-order valence-electron chi connectivity index (χ0n) is 8.91. The van der Waals surface area contributed by atoms with Crippen LogP contribution >= 0.6 is 27.3 Å². The molecule has 1 amide bonds. The maximum atomic E-state index is 11.8. The van der Waals surface area contributed by atoms with E-state index in [0.717, 1.165) is 28.6 Å². The maximum Gasteiger partial charge on any atom is 0.224 e. The Morgan fingerprint density at radius 1 is 1.62 bits per heavy atom. The van der Waals surface area contributed by atoms with Gasteiger partial charge in [0.25, 0.3) is 0 Å². The van der Waals surface area contributed by atoms with Gasteiger partial charge in [0.1, 0.15) is 0 Å². The fourth-order valence-corrected chi connectivity index (χ4v) is 3.46. The second kappa shape index (κ2) is 5.29. The van der Waals surface area contributed by atoms with E-state index in [2.05, 4.69) is 21.2 Å². The summed E-state index contributed by atoms with van der Waals surface area (Å²) in [6.07, 6.45) is 2.98. The lowest BCUT2D eigenvalue weighted by molar-refractivity contribution is -0.125. The van der Waals surface area contributed by atoms with Crippen LogP contribution in [0, 0.1) is 5.92 Å². The normalized spacial score (nSPS) is 24.6. The third kappa shape index (κ3) is 2.84. The van der Waals surface area contributed by atoms with Crippen LogP contribution in [0.1, 0.15) is 24.1 Å². The molecule has 2 atom stereocenters. The van der Waals surface area contributed by atoms with Crippen LogP contribution in [0.25, 0.3) is 0 Å². The highest BCUT2D eigenvalue weighted by molar-refractivity contribution is 9.10. The zero-order valence-corrected chi connectivity index (χ0v) is 11.3. The number of halogens is 1. The van der Waals surface area contributed by atoms with Crippen LogP contribution < -0.4 is 11.1 Å². The monoisotopic (exact) mass is 302 g/mol. The lowest BCUT2D eigenvalue weighted by Gasteiger charge is -2.14. The Morgan fingerprint density at radius 3 is 3.00 bits per heavy atom. The molecule has 2 unspecified atom stereocenters. The quantitative estimate of drug-likeness (QED) is 0.900. The molecule has 0 radical (unpaired) electrons. The van der Waals surface area contributed by atoms with Crippen LogP contribution in [-0.4, -0.2) is 11.9 Å². The minimum absolute atomic E-state index is 0.0170. The predicted octanol–water partition coefficient (Wildman–Crippen LogP) is 2.25. The molecule has 1 saturated carbocycles. The lowest BCUT2D eigenvalue weighted by atomic mass is 10.0. The lowest BCUT2D eigenvalue weighted by Crippen LogP contribution is -2.38. The first-order valence-corrected chi connectivity index (χ1v) is 7.10. The number of carbonyl (C=O) groups excluding carboxylic acids is 1. The summed E-state index contributed by atoms with van der Waals surface area (Å²) in [6.45, 7) is 0.609. The average Bonchev–Trinajstić information content (AvgIpc) is 2.84. The highest BCUT2D eigenvalue weighted by Gasteiger charge is 2.29. The van der Waals surface area contributed by atoms with Crippen LogP contribution in [0.5, 0.6) is 0 Å². The van der Waals surface area contributed by atoms with Gasteiger partial charge in [0.05, 0.1) is 12.5 Å². The molecule has 3 N–H and O–H groups in total. The molecule has 0 aromatic carbocycles. The SMILES string of the molecule is NC1CCCC1C(=O)NCc1cc(Br)cs1. The minimum atomic E-state index is 0.0170. The van der Waals surface area contributed by atoms with Crippen molar-refractivity contribution in [2.75, 3.05) is 0 Å².